The van der Waals surface area contributed by atoms with Crippen LogP contribution in [-0.4, -0.2) is 32.4 Å². The third kappa shape index (κ3) is 1.79. The fourth-order valence-electron chi connectivity index (χ4n) is 1.70. The normalized spacial score (nSPS) is 17.8. The first-order valence-corrected chi connectivity index (χ1v) is 5.75. The second-order valence-corrected chi connectivity index (χ2v) is 4.62. The third-order valence-corrected chi connectivity index (χ3v) is 3.60. The van der Waals surface area contributed by atoms with Crippen molar-refractivity contribution in [3.05, 3.63) is 22.2 Å². The Kier molecular flexibility index (Phi) is 3.10. The van der Waals surface area contributed by atoms with Crippen LogP contribution in [0.2, 0.25) is 0 Å². The summed E-state index contributed by atoms with van der Waals surface area (Å²) in [6, 6.07) is 3.65. The lowest BCUT2D eigenvalue weighted by Gasteiger charge is -2.38. The van der Waals surface area contributed by atoms with Crippen molar-refractivity contribution in [2.45, 2.75) is 5.60 Å². The number of aliphatic hydroxyl groups is 1. The first kappa shape index (κ1) is 11.7. The lowest BCUT2D eigenvalue weighted by atomic mass is 9.88. The van der Waals surface area contributed by atoms with Gasteiger partial charge in [0.25, 0.3) is 0 Å². The van der Waals surface area contributed by atoms with Crippen LogP contribution in [-0.2, 0) is 5.60 Å². The summed E-state index contributed by atoms with van der Waals surface area (Å²) in [6.07, 6.45) is 0. The van der Waals surface area contributed by atoms with E-state index in [1.54, 1.807) is 14.2 Å². The first-order chi connectivity index (χ1) is 7.60. The van der Waals surface area contributed by atoms with Crippen LogP contribution in [0.3, 0.4) is 0 Å². The van der Waals surface area contributed by atoms with Crippen molar-refractivity contribution in [1.29, 1.82) is 0 Å². The summed E-state index contributed by atoms with van der Waals surface area (Å²) in [6.45, 7) is 1.11. The Bertz CT molecular complexity index is 379. The first-order valence-electron chi connectivity index (χ1n) is 4.96. The van der Waals surface area contributed by atoms with E-state index in [2.05, 4.69) is 21.2 Å². The zero-order valence-electron chi connectivity index (χ0n) is 9.21. The molecule has 0 aliphatic carbocycles. The molecule has 0 unspecified atom stereocenters. The van der Waals surface area contributed by atoms with Crippen LogP contribution in [0.4, 0.5) is 0 Å². The van der Waals surface area contributed by atoms with Crippen molar-refractivity contribution in [2.24, 2.45) is 0 Å². The van der Waals surface area contributed by atoms with E-state index in [1.807, 2.05) is 12.1 Å². The highest BCUT2D eigenvalue weighted by molar-refractivity contribution is 9.10. The van der Waals surface area contributed by atoms with Crippen molar-refractivity contribution >= 4 is 15.9 Å². The van der Waals surface area contributed by atoms with E-state index in [0.29, 0.717) is 24.6 Å². The zero-order valence-corrected chi connectivity index (χ0v) is 10.8. The molecule has 1 saturated heterocycles. The van der Waals surface area contributed by atoms with Crippen LogP contribution in [0, 0.1) is 0 Å². The largest absolute Gasteiger partial charge is 0.495 e. The molecular weight excluding hydrogens is 274 g/mol. The molecule has 0 aromatic heterocycles. The molecule has 4 nitrogen and oxygen atoms in total. The van der Waals surface area contributed by atoms with Crippen molar-refractivity contribution in [2.75, 3.05) is 27.3 Å². The number of hydrogen-bond acceptors (Lipinski definition) is 4. The summed E-state index contributed by atoms with van der Waals surface area (Å²) in [4.78, 5) is 0. The predicted molar refractivity (Wildman–Crippen MR) is 64.0 cm³/mol. The predicted octanol–water partition coefficient (Wildman–Crippen LogP) is 1.26. The number of nitrogens with one attached hydrogen (secondary N) is 1. The van der Waals surface area contributed by atoms with E-state index < -0.39 is 5.60 Å². The van der Waals surface area contributed by atoms with E-state index in [4.69, 9.17) is 9.47 Å². The van der Waals surface area contributed by atoms with Crippen LogP contribution >= 0.6 is 15.9 Å². The third-order valence-electron chi connectivity index (χ3n) is 2.82. The summed E-state index contributed by atoms with van der Waals surface area (Å²) in [7, 11) is 3.18. The molecule has 2 N–H and O–H groups in total. The Labute approximate surface area is 103 Å². The van der Waals surface area contributed by atoms with Gasteiger partial charge in [0, 0.05) is 13.1 Å². The smallest absolute Gasteiger partial charge is 0.137 e. The maximum atomic E-state index is 10.2. The van der Waals surface area contributed by atoms with E-state index in [9.17, 15) is 5.11 Å². The number of ether oxygens (including phenoxy) is 2. The summed E-state index contributed by atoms with van der Waals surface area (Å²) in [5.41, 5.74) is 0.00417. The Morgan fingerprint density at radius 1 is 1.25 bits per heavy atom. The van der Waals surface area contributed by atoms with Gasteiger partial charge in [0.05, 0.1) is 14.2 Å². The fraction of sp³-hybridized carbons (Fsp3) is 0.455. The minimum atomic E-state index is -0.804. The van der Waals surface area contributed by atoms with Gasteiger partial charge < -0.3 is 19.9 Å². The number of rotatable bonds is 3. The molecular formula is C11H14BrNO3. The summed E-state index contributed by atoms with van der Waals surface area (Å²) in [5, 5.41) is 13.3. The SMILES string of the molecule is COc1cc(C2(O)CNC2)cc(OC)c1Br. The molecule has 16 heavy (non-hydrogen) atoms. The maximum absolute atomic E-state index is 10.2. The van der Waals surface area contributed by atoms with E-state index in [-0.39, 0.29) is 0 Å². The van der Waals surface area contributed by atoms with E-state index in [1.165, 1.54) is 0 Å². The molecule has 0 atom stereocenters. The number of hydrogen-bond donors (Lipinski definition) is 2. The lowest BCUT2D eigenvalue weighted by molar-refractivity contribution is -0.0149. The molecule has 0 bridgehead atoms. The standard InChI is InChI=1S/C11H14BrNO3/c1-15-8-3-7(11(14)5-13-6-11)4-9(16-2)10(8)12/h3-4,13-14H,5-6H2,1-2H3. The van der Waals surface area contributed by atoms with Crippen molar-refractivity contribution < 1.29 is 14.6 Å². The van der Waals surface area contributed by atoms with Crippen LogP contribution in [0.15, 0.2) is 16.6 Å². The molecule has 0 amide bonds. The van der Waals surface area contributed by atoms with Crippen molar-refractivity contribution in [3.63, 3.8) is 0 Å². The van der Waals surface area contributed by atoms with Gasteiger partial charge in [-0.05, 0) is 33.6 Å². The Balaban J connectivity index is 2.46. The Hall–Kier alpha value is -0.780. The van der Waals surface area contributed by atoms with Crippen LogP contribution in [0.25, 0.3) is 0 Å². The second-order valence-electron chi connectivity index (χ2n) is 3.83. The molecule has 1 aliphatic rings. The molecule has 1 heterocycles. The molecule has 0 radical (unpaired) electrons. The highest BCUT2D eigenvalue weighted by atomic mass is 79.9. The number of halogens is 1. The topological polar surface area (TPSA) is 50.7 Å². The highest BCUT2D eigenvalue weighted by Gasteiger charge is 2.37. The minimum absolute atomic E-state index is 0.556. The molecule has 0 saturated carbocycles. The summed E-state index contributed by atoms with van der Waals surface area (Å²) in [5.74, 6) is 1.32. The molecule has 1 aromatic rings. The van der Waals surface area contributed by atoms with Gasteiger partial charge in [0.2, 0.25) is 0 Å². The second kappa shape index (κ2) is 4.24. The lowest BCUT2D eigenvalue weighted by Crippen LogP contribution is -2.56. The number of methoxy groups -OCH3 is 2. The van der Waals surface area contributed by atoms with Gasteiger partial charge in [0.15, 0.2) is 0 Å². The van der Waals surface area contributed by atoms with Gasteiger partial charge in [-0.3, -0.25) is 0 Å². The minimum Gasteiger partial charge on any atom is -0.495 e. The maximum Gasteiger partial charge on any atom is 0.137 e. The quantitative estimate of drug-likeness (QED) is 0.879. The van der Waals surface area contributed by atoms with Gasteiger partial charge >= 0.3 is 0 Å². The molecule has 2 rings (SSSR count). The van der Waals surface area contributed by atoms with Gasteiger partial charge in [-0.25, -0.2) is 0 Å². The molecule has 1 aliphatic heterocycles. The monoisotopic (exact) mass is 287 g/mol. The summed E-state index contributed by atoms with van der Waals surface area (Å²) >= 11 is 3.40. The molecule has 5 heteroatoms. The van der Waals surface area contributed by atoms with Crippen LogP contribution in [0.1, 0.15) is 5.56 Å². The van der Waals surface area contributed by atoms with Crippen molar-refractivity contribution in [3.8, 4) is 11.5 Å². The van der Waals surface area contributed by atoms with E-state index >= 15 is 0 Å². The number of β-amino-alcohol motifs (C(OH)–C–C–N with tert-alkyl or cyclic N) is 1. The average Bonchev–Trinajstić information content (AvgIpc) is 2.26. The van der Waals surface area contributed by atoms with Crippen molar-refractivity contribution in [1.82, 2.24) is 5.32 Å². The fourth-order valence-corrected chi connectivity index (χ4v) is 2.26. The Morgan fingerprint density at radius 3 is 2.06 bits per heavy atom. The molecule has 1 aromatic carbocycles. The van der Waals surface area contributed by atoms with Gasteiger partial charge in [0.1, 0.15) is 21.6 Å². The summed E-state index contributed by atoms with van der Waals surface area (Å²) < 4.78 is 11.2. The average molecular weight is 288 g/mol. The van der Waals surface area contributed by atoms with E-state index in [0.717, 1.165) is 10.0 Å². The molecule has 0 spiro atoms. The number of benzene rings is 1. The zero-order chi connectivity index (χ0) is 11.8. The van der Waals surface area contributed by atoms with Crippen LogP contribution in [0.5, 0.6) is 11.5 Å². The Morgan fingerprint density at radius 2 is 1.75 bits per heavy atom. The molecule has 88 valence electrons. The van der Waals surface area contributed by atoms with Gasteiger partial charge in [-0.15, -0.1) is 0 Å². The molecule has 1 fully saturated rings. The van der Waals surface area contributed by atoms with Gasteiger partial charge in [-0.1, -0.05) is 0 Å². The van der Waals surface area contributed by atoms with Crippen LogP contribution < -0.4 is 14.8 Å². The highest BCUT2D eigenvalue weighted by Crippen LogP contribution is 2.39. The van der Waals surface area contributed by atoms with Gasteiger partial charge in [-0.2, -0.15) is 0 Å².